The summed E-state index contributed by atoms with van der Waals surface area (Å²) < 4.78 is 0. The molecule has 0 radical (unpaired) electrons. The van der Waals surface area contributed by atoms with Crippen LogP contribution in [0.5, 0.6) is 0 Å². The second-order valence-electron chi connectivity index (χ2n) is 6.67. The summed E-state index contributed by atoms with van der Waals surface area (Å²) in [5.74, 6) is 0.302. The van der Waals surface area contributed by atoms with E-state index < -0.39 is 5.60 Å². The van der Waals surface area contributed by atoms with Gasteiger partial charge in [-0.15, -0.1) is 0 Å². The second-order valence-corrected chi connectivity index (χ2v) is 6.67. The van der Waals surface area contributed by atoms with Crippen LogP contribution in [0.1, 0.15) is 39.5 Å². The standard InChI is InChI=1S/C16H31N3O2/c1-4-16(21,5-2)13-18-9-11-19(12-10-18)15(20)14-7-6-8-17(14)3/h14,21H,4-13H2,1-3H3. The van der Waals surface area contributed by atoms with E-state index >= 15 is 0 Å². The van der Waals surface area contributed by atoms with Gasteiger partial charge in [-0.2, -0.15) is 0 Å². The topological polar surface area (TPSA) is 47.0 Å². The fourth-order valence-corrected chi connectivity index (χ4v) is 3.45. The Hall–Kier alpha value is -0.650. The largest absolute Gasteiger partial charge is 0.389 e. The van der Waals surface area contributed by atoms with Crippen molar-refractivity contribution in [1.29, 1.82) is 0 Å². The van der Waals surface area contributed by atoms with Crippen molar-refractivity contribution in [2.45, 2.75) is 51.2 Å². The molecule has 1 unspecified atom stereocenters. The Bertz CT molecular complexity index is 349. The highest BCUT2D eigenvalue weighted by molar-refractivity contribution is 5.82. The van der Waals surface area contributed by atoms with Gasteiger partial charge < -0.3 is 10.0 Å². The van der Waals surface area contributed by atoms with Gasteiger partial charge in [-0.05, 0) is 39.3 Å². The molecule has 2 aliphatic rings. The minimum Gasteiger partial charge on any atom is -0.389 e. The molecule has 5 heteroatoms. The van der Waals surface area contributed by atoms with Gasteiger partial charge in [0.1, 0.15) is 0 Å². The molecule has 5 nitrogen and oxygen atoms in total. The van der Waals surface area contributed by atoms with Crippen molar-refractivity contribution in [3.05, 3.63) is 0 Å². The zero-order valence-corrected chi connectivity index (χ0v) is 13.8. The number of hydrogen-bond donors (Lipinski definition) is 1. The summed E-state index contributed by atoms with van der Waals surface area (Å²) >= 11 is 0. The normalized spacial score (nSPS) is 25.5. The number of nitrogens with zero attached hydrogens (tertiary/aromatic N) is 3. The van der Waals surface area contributed by atoms with Gasteiger partial charge in [0.05, 0.1) is 11.6 Å². The molecule has 2 saturated heterocycles. The molecule has 2 fully saturated rings. The molecule has 0 spiro atoms. The monoisotopic (exact) mass is 297 g/mol. The number of carbonyl (C=O) groups is 1. The predicted octanol–water partition coefficient (Wildman–Crippen LogP) is 0.776. The van der Waals surface area contributed by atoms with Crippen LogP contribution in [0.25, 0.3) is 0 Å². The molecule has 1 N–H and O–H groups in total. The Labute approximate surface area is 128 Å². The highest BCUT2D eigenvalue weighted by Gasteiger charge is 2.34. The van der Waals surface area contributed by atoms with Crippen LogP contribution in [0.15, 0.2) is 0 Å². The summed E-state index contributed by atoms with van der Waals surface area (Å²) in [7, 11) is 2.05. The maximum atomic E-state index is 12.5. The Morgan fingerprint density at radius 1 is 1.14 bits per heavy atom. The number of likely N-dealkylation sites (N-methyl/N-ethyl adjacent to an activating group) is 1. The van der Waals surface area contributed by atoms with Crippen LogP contribution in [-0.2, 0) is 4.79 Å². The SMILES string of the molecule is CCC(O)(CC)CN1CCN(C(=O)C2CCCN2C)CC1. The van der Waals surface area contributed by atoms with Crippen molar-refractivity contribution in [2.24, 2.45) is 0 Å². The van der Waals surface area contributed by atoms with E-state index in [0.29, 0.717) is 5.91 Å². The lowest BCUT2D eigenvalue weighted by atomic mass is 9.96. The van der Waals surface area contributed by atoms with Crippen molar-refractivity contribution in [2.75, 3.05) is 46.3 Å². The van der Waals surface area contributed by atoms with Crippen molar-refractivity contribution in [3.8, 4) is 0 Å². The number of β-amino-alcohol motifs (C(OH)–C–C–N with tert-alkyl or cyclic N) is 1. The number of piperazine rings is 1. The van der Waals surface area contributed by atoms with Gasteiger partial charge in [0, 0.05) is 32.7 Å². The van der Waals surface area contributed by atoms with Gasteiger partial charge in [-0.3, -0.25) is 14.6 Å². The Kier molecular flexibility index (Phi) is 5.63. The van der Waals surface area contributed by atoms with Crippen molar-refractivity contribution >= 4 is 5.91 Å². The third kappa shape index (κ3) is 3.96. The highest BCUT2D eigenvalue weighted by atomic mass is 16.3. The third-order valence-electron chi connectivity index (χ3n) is 5.32. The average molecular weight is 297 g/mol. The van der Waals surface area contributed by atoms with Crippen molar-refractivity contribution < 1.29 is 9.90 Å². The summed E-state index contributed by atoms with van der Waals surface area (Å²) in [4.78, 5) is 19.0. The molecular weight excluding hydrogens is 266 g/mol. The van der Waals surface area contributed by atoms with E-state index in [1.165, 1.54) is 0 Å². The van der Waals surface area contributed by atoms with Crippen LogP contribution in [0.3, 0.4) is 0 Å². The van der Waals surface area contributed by atoms with Gasteiger partial charge in [-0.1, -0.05) is 13.8 Å². The molecule has 122 valence electrons. The first kappa shape index (κ1) is 16.7. The molecule has 1 atom stereocenters. The van der Waals surface area contributed by atoms with E-state index in [1.807, 2.05) is 18.7 Å². The number of hydrogen-bond acceptors (Lipinski definition) is 4. The van der Waals surface area contributed by atoms with E-state index in [2.05, 4.69) is 16.8 Å². The molecule has 2 rings (SSSR count). The molecule has 21 heavy (non-hydrogen) atoms. The minimum absolute atomic E-state index is 0.0970. The van der Waals surface area contributed by atoms with Crippen LogP contribution in [-0.4, -0.2) is 83.7 Å². The Balaban J connectivity index is 1.81. The van der Waals surface area contributed by atoms with Crippen LogP contribution < -0.4 is 0 Å². The van der Waals surface area contributed by atoms with Gasteiger partial charge in [0.2, 0.25) is 5.91 Å². The molecule has 2 aliphatic heterocycles. The number of likely N-dealkylation sites (tertiary alicyclic amines) is 1. The number of aliphatic hydroxyl groups is 1. The maximum absolute atomic E-state index is 12.5. The number of rotatable bonds is 5. The summed E-state index contributed by atoms with van der Waals surface area (Å²) in [5.41, 5.74) is -0.572. The maximum Gasteiger partial charge on any atom is 0.240 e. The molecule has 0 aromatic carbocycles. The van der Waals surface area contributed by atoms with Crippen molar-refractivity contribution in [1.82, 2.24) is 14.7 Å². The summed E-state index contributed by atoms with van der Waals surface area (Å²) in [6.45, 7) is 9.20. The average Bonchev–Trinajstić information content (AvgIpc) is 2.93. The van der Waals surface area contributed by atoms with Gasteiger partial charge in [0.15, 0.2) is 0 Å². The summed E-state index contributed by atoms with van der Waals surface area (Å²) in [6.07, 6.45) is 3.71. The molecule has 0 aromatic heterocycles. The fraction of sp³-hybridized carbons (Fsp3) is 0.938. The van der Waals surface area contributed by atoms with E-state index in [0.717, 1.165) is 65.0 Å². The molecule has 0 aliphatic carbocycles. The van der Waals surface area contributed by atoms with E-state index in [4.69, 9.17) is 0 Å². The first-order chi connectivity index (χ1) is 9.99. The highest BCUT2D eigenvalue weighted by Crippen LogP contribution is 2.20. The lowest BCUT2D eigenvalue weighted by molar-refractivity contribution is -0.137. The summed E-state index contributed by atoms with van der Waals surface area (Å²) in [5, 5.41) is 10.4. The fourth-order valence-electron chi connectivity index (χ4n) is 3.45. The quantitative estimate of drug-likeness (QED) is 0.814. The zero-order valence-electron chi connectivity index (χ0n) is 13.8. The smallest absolute Gasteiger partial charge is 0.240 e. The number of carbonyl (C=O) groups excluding carboxylic acids is 1. The van der Waals surface area contributed by atoms with Gasteiger partial charge in [0.25, 0.3) is 0 Å². The molecular formula is C16H31N3O2. The Morgan fingerprint density at radius 3 is 2.24 bits per heavy atom. The molecule has 0 saturated carbocycles. The third-order valence-corrected chi connectivity index (χ3v) is 5.32. The first-order valence-corrected chi connectivity index (χ1v) is 8.43. The van der Waals surface area contributed by atoms with E-state index in [9.17, 15) is 9.90 Å². The summed E-state index contributed by atoms with van der Waals surface area (Å²) in [6, 6.07) is 0.0970. The van der Waals surface area contributed by atoms with E-state index in [1.54, 1.807) is 0 Å². The first-order valence-electron chi connectivity index (χ1n) is 8.43. The Morgan fingerprint density at radius 2 is 1.76 bits per heavy atom. The lowest BCUT2D eigenvalue weighted by Crippen LogP contribution is -2.55. The number of amides is 1. The molecule has 2 heterocycles. The molecule has 0 aromatic rings. The second kappa shape index (κ2) is 7.07. The van der Waals surface area contributed by atoms with Crippen LogP contribution >= 0.6 is 0 Å². The molecule has 0 bridgehead atoms. The minimum atomic E-state index is -0.572. The van der Waals surface area contributed by atoms with Gasteiger partial charge >= 0.3 is 0 Å². The zero-order chi connectivity index (χ0) is 15.5. The van der Waals surface area contributed by atoms with Crippen LogP contribution in [0, 0.1) is 0 Å². The van der Waals surface area contributed by atoms with E-state index in [-0.39, 0.29) is 6.04 Å². The van der Waals surface area contributed by atoms with Crippen molar-refractivity contribution in [3.63, 3.8) is 0 Å². The lowest BCUT2D eigenvalue weighted by Gasteiger charge is -2.40. The van der Waals surface area contributed by atoms with Gasteiger partial charge in [-0.25, -0.2) is 0 Å². The predicted molar refractivity (Wildman–Crippen MR) is 84.2 cm³/mol. The van der Waals surface area contributed by atoms with Crippen LogP contribution in [0.2, 0.25) is 0 Å². The van der Waals surface area contributed by atoms with Crippen LogP contribution in [0.4, 0.5) is 0 Å². The molecule has 1 amide bonds.